The zero-order valence-corrected chi connectivity index (χ0v) is 21.6. The Labute approximate surface area is 225 Å². The average molecular weight is 588 g/mol. The number of hydrogen-bond acceptors (Lipinski definition) is 7. The number of sulfonamides is 1. The molecule has 1 amide bonds. The highest BCUT2D eigenvalue weighted by Crippen LogP contribution is 2.42. The van der Waals surface area contributed by atoms with Crippen LogP contribution < -0.4 is 9.64 Å². The number of alkyl halides is 3. The fraction of sp³-hybridized carbons (Fsp3) is 0.360. The van der Waals surface area contributed by atoms with Gasteiger partial charge < -0.3 is 18.9 Å². The van der Waals surface area contributed by atoms with Gasteiger partial charge in [0.2, 0.25) is 10.0 Å². The number of carbonyl (C=O) groups is 1. The second kappa shape index (κ2) is 10.4. The van der Waals surface area contributed by atoms with Crippen LogP contribution in [0.3, 0.4) is 0 Å². The molecule has 1 aromatic heterocycles. The van der Waals surface area contributed by atoms with Gasteiger partial charge in [0.25, 0.3) is 5.91 Å². The van der Waals surface area contributed by atoms with Gasteiger partial charge in [0.1, 0.15) is 36.0 Å². The van der Waals surface area contributed by atoms with E-state index in [1.54, 1.807) is 0 Å². The SMILES string of the molecule is COc1cc(-c2cccc(C(F)(F)F)c2F)c(F)cc1N1C(=O)CO[C@H]2CN(S(=O)(=O)Cc3ccon3)CC[C@@H]21. The maximum atomic E-state index is 15.4. The highest BCUT2D eigenvalue weighted by Gasteiger charge is 2.45. The Bertz CT molecular complexity index is 1530. The van der Waals surface area contributed by atoms with Crippen LogP contribution in [0.5, 0.6) is 5.75 Å². The van der Waals surface area contributed by atoms with Crippen molar-refractivity contribution in [3.8, 4) is 16.9 Å². The molecule has 2 fully saturated rings. The maximum absolute atomic E-state index is 15.4. The number of rotatable bonds is 6. The van der Waals surface area contributed by atoms with Crippen LogP contribution in [0.2, 0.25) is 0 Å². The summed E-state index contributed by atoms with van der Waals surface area (Å²) in [5.41, 5.74) is -2.49. The van der Waals surface area contributed by atoms with Gasteiger partial charge in [-0.05, 0) is 18.6 Å². The van der Waals surface area contributed by atoms with Crippen LogP contribution in [0.4, 0.5) is 27.6 Å². The molecule has 2 aliphatic rings. The van der Waals surface area contributed by atoms with Gasteiger partial charge >= 0.3 is 6.18 Å². The Kier molecular flexibility index (Phi) is 7.31. The number of piperidine rings is 1. The molecule has 214 valence electrons. The van der Waals surface area contributed by atoms with Crippen molar-refractivity contribution in [1.82, 2.24) is 9.46 Å². The molecule has 0 N–H and O–H groups in total. The van der Waals surface area contributed by atoms with E-state index in [9.17, 15) is 30.8 Å². The first-order chi connectivity index (χ1) is 18.9. The monoisotopic (exact) mass is 587 g/mol. The minimum absolute atomic E-state index is 0.0207. The predicted molar refractivity (Wildman–Crippen MR) is 130 cm³/mol. The first-order valence-corrected chi connectivity index (χ1v) is 13.6. The molecule has 0 spiro atoms. The number of aromatic nitrogens is 1. The quantitative estimate of drug-likeness (QED) is 0.402. The predicted octanol–water partition coefficient (Wildman–Crippen LogP) is 3.98. The molecule has 5 rings (SSSR count). The molecular weight excluding hydrogens is 565 g/mol. The lowest BCUT2D eigenvalue weighted by Gasteiger charge is -2.46. The van der Waals surface area contributed by atoms with Gasteiger partial charge in [-0.1, -0.05) is 17.3 Å². The first kappa shape index (κ1) is 28.0. The van der Waals surface area contributed by atoms with Crippen LogP contribution in [0.25, 0.3) is 11.1 Å². The van der Waals surface area contributed by atoms with Gasteiger partial charge in [-0.3, -0.25) is 4.79 Å². The molecule has 3 aromatic rings. The van der Waals surface area contributed by atoms with Gasteiger partial charge in [0.15, 0.2) is 0 Å². The molecule has 15 heteroatoms. The van der Waals surface area contributed by atoms with Crippen molar-refractivity contribution < 1.29 is 49.2 Å². The smallest absolute Gasteiger partial charge is 0.419 e. The number of halogens is 5. The molecule has 0 radical (unpaired) electrons. The van der Waals surface area contributed by atoms with Crippen LogP contribution in [-0.2, 0) is 31.5 Å². The number of benzene rings is 2. The lowest BCUT2D eigenvalue weighted by atomic mass is 9.96. The summed E-state index contributed by atoms with van der Waals surface area (Å²) in [4.78, 5) is 14.2. The third kappa shape index (κ3) is 5.15. The summed E-state index contributed by atoms with van der Waals surface area (Å²) < 4.78 is 113. The van der Waals surface area contributed by atoms with Crippen LogP contribution >= 0.6 is 0 Å². The van der Waals surface area contributed by atoms with E-state index >= 15 is 4.39 Å². The molecule has 2 saturated heterocycles. The molecule has 2 atom stereocenters. The van der Waals surface area contributed by atoms with Gasteiger partial charge in [0, 0.05) is 36.3 Å². The Hall–Kier alpha value is -3.56. The second-order valence-corrected chi connectivity index (χ2v) is 11.2. The van der Waals surface area contributed by atoms with Gasteiger partial charge in [0.05, 0.1) is 36.2 Å². The van der Waals surface area contributed by atoms with Crippen molar-refractivity contribution in [2.75, 3.05) is 31.7 Å². The van der Waals surface area contributed by atoms with Gasteiger partial charge in [-0.25, -0.2) is 17.2 Å². The Balaban J connectivity index is 1.46. The zero-order chi connectivity index (χ0) is 28.8. The molecule has 0 saturated carbocycles. The Morgan fingerprint density at radius 2 is 1.93 bits per heavy atom. The molecule has 0 aliphatic carbocycles. The fourth-order valence-corrected chi connectivity index (χ4v) is 6.45. The lowest BCUT2D eigenvalue weighted by molar-refractivity contribution is -0.140. The number of hydrogen-bond donors (Lipinski definition) is 0. The average Bonchev–Trinajstić information content (AvgIpc) is 3.40. The maximum Gasteiger partial charge on any atom is 0.419 e. The summed E-state index contributed by atoms with van der Waals surface area (Å²) in [7, 11) is -2.59. The number of amides is 1. The molecule has 0 bridgehead atoms. The summed E-state index contributed by atoms with van der Waals surface area (Å²) >= 11 is 0. The van der Waals surface area contributed by atoms with Gasteiger partial charge in [-0.15, -0.1) is 0 Å². The summed E-state index contributed by atoms with van der Waals surface area (Å²) in [5, 5.41) is 3.62. The summed E-state index contributed by atoms with van der Waals surface area (Å²) in [6, 6.07) is 5.16. The first-order valence-electron chi connectivity index (χ1n) is 11.9. The zero-order valence-electron chi connectivity index (χ0n) is 20.8. The number of ether oxygens (including phenoxy) is 2. The number of methoxy groups -OCH3 is 1. The van der Waals surface area contributed by atoms with E-state index in [2.05, 4.69) is 9.68 Å². The molecule has 0 unspecified atom stereocenters. The van der Waals surface area contributed by atoms with E-state index in [-0.39, 0.29) is 36.6 Å². The topological polar surface area (TPSA) is 102 Å². The molecule has 9 nitrogen and oxygen atoms in total. The largest absolute Gasteiger partial charge is 0.495 e. The minimum Gasteiger partial charge on any atom is -0.495 e. The van der Waals surface area contributed by atoms with Crippen molar-refractivity contribution in [3.63, 3.8) is 0 Å². The molecular formula is C25H22F5N3O6S. The van der Waals surface area contributed by atoms with Crippen molar-refractivity contribution in [2.24, 2.45) is 0 Å². The lowest BCUT2D eigenvalue weighted by Crippen LogP contribution is -2.62. The van der Waals surface area contributed by atoms with E-state index in [0.29, 0.717) is 6.07 Å². The number of nitrogens with zero attached hydrogens (tertiary/aromatic N) is 3. The highest BCUT2D eigenvalue weighted by atomic mass is 32.2. The van der Waals surface area contributed by atoms with Crippen LogP contribution in [0.1, 0.15) is 17.7 Å². The van der Waals surface area contributed by atoms with Gasteiger partial charge in [-0.2, -0.15) is 17.5 Å². The van der Waals surface area contributed by atoms with E-state index in [1.807, 2.05) is 0 Å². The van der Waals surface area contributed by atoms with E-state index in [4.69, 9.17) is 9.47 Å². The molecule has 40 heavy (non-hydrogen) atoms. The van der Waals surface area contributed by atoms with Crippen molar-refractivity contribution in [2.45, 2.75) is 30.5 Å². The molecule has 2 aliphatic heterocycles. The van der Waals surface area contributed by atoms with E-state index in [0.717, 1.165) is 24.3 Å². The normalized spacial score (nSPS) is 20.4. The Morgan fingerprint density at radius 3 is 2.60 bits per heavy atom. The standard InChI is InChI=1S/C25H22F5N3O6S/c1-37-21-9-16(15-3-2-4-17(24(15)27)25(28,29)30)18(26)10-20(21)33-19-5-7-32(11-22(19)38-12-23(33)34)40(35,36)13-14-6-8-39-31-14/h2-4,6,8-10,19,22H,5,7,11-13H2,1H3/t19-,22-/m0/s1. The second-order valence-electron chi connectivity index (χ2n) is 9.24. The van der Waals surface area contributed by atoms with Crippen molar-refractivity contribution in [3.05, 3.63) is 65.6 Å². The number of carbonyl (C=O) groups excluding carboxylic acids is 1. The van der Waals surface area contributed by atoms with Crippen LogP contribution in [-0.4, -0.2) is 62.7 Å². The minimum atomic E-state index is -4.99. The number of anilines is 1. The fourth-order valence-electron chi connectivity index (χ4n) is 4.98. The molecule has 2 aromatic carbocycles. The third-order valence-corrected chi connectivity index (χ3v) is 8.62. The van der Waals surface area contributed by atoms with Crippen LogP contribution in [0.15, 0.2) is 47.2 Å². The van der Waals surface area contributed by atoms with E-state index < -0.39 is 74.9 Å². The summed E-state index contributed by atoms with van der Waals surface area (Å²) in [6.45, 7) is -0.507. The number of morpholine rings is 1. The molecule has 3 heterocycles. The van der Waals surface area contributed by atoms with Crippen molar-refractivity contribution >= 4 is 21.6 Å². The number of fused-ring (bicyclic) bond motifs is 1. The summed E-state index contributed by atoms with van der Waals surface area (Å²) in [5.74, 6) is -3.78. The van der Waals surface area contributed by atoms with Crippen LogP contribution in [0, 0.1) is 11.6 Å². The summed E-state index contributed by atoms with van der Waals surface area (Å²) in [6.07, 6.45) is -4.38. The van der Waals surface area contributed by atoms with Crippen molar-refractivity contribution in [1.29, 1.82) is 0 Å². The highest BCUT2D eigenvalue weighted by molar-refractivity contribution is 7.88. The third-order valence-electron chi connectivity index (χ3n) is 6.85. The van der Waals surface area contributed by atoms with E-state index in [1.165, 1.54) is 28.6 Å². The Morgan fingerprint density at radius 1 is 1.15 bits per heavy atom.